The second-order valence-corrected chi connectivity index (χ2v) is 11.7. The van der Waals surface area contributed by atoms with E-state index in [4.69, 9.17) is 9.84 Å². The molecule has 0 bridgehead atoms. The molecule has 0 aliphatic heterocycles. The lowest BCUT2D eigenvalue weighted by Gasteiger charge is -2.17. The summed E-state index contributed by atoms with van der Waals surface area (Å²) in [6.07, 6.45) is 38.9. The van der Waals surface area contributed by atoms with E-state index in [0.29, 0.717) is 12.8 Å². The summed E-state index contributed by atoms with van der Waals surface area (Å²) in [5, 5.41) is 9.07. The van der Waals surface area contributed by atoms with Crippen molar-refractivity contribution in [3.63, 3.8) is 0 Å². The van der Waals surface area contributed by atoms with Crippen molar-refractivity contribution in [2.45, 2.75) is 193 Å². The van der Waals surface area contributed by atoms with E-state index in [0.717, 1.165) is 51.4 Å². The normalized spacial score (nSPS) is 12.4. The predicted molar refractivity (Wildman–Crippen MR) is 172 cm³/mol. The fourth-order valence-electron chi connectivity index (χ4n) is 5.09. The second-order valence-electron chi connectivity index (χ2n) is 11.7. The average Bonchev–Trinajstić information content (AvgIpc) is 2.94. The van der Waals surface area contributed by atoms with Crippen LogP contribution in [0.5, 0.6) is 0 Å². The van der Waals surface area contributed by atoms with Crippen LogP contribution >= 0.6 is 0 Å². The summed E-state index contributed by atoms with van der Waals surface area (Å²) in [5.41, 5.74) is 0. The maximum absolute atomic E-state index is 12.4. The Hall–Kier alpha value is -1.58. The van der Waals surface area contributed by atoms with Gasteiger partial charge in [-0.05, 0) is 57.8 Å². The molecule has 40 heavy (non-hydrogen) atoms. The first kappa shape index (κ1) is 38.4. The van der Waals surface area contributed by atoms with Gasteiger partial charge in [0, 0.05) is 12.8 Å². The fourth-order valence-corrected chi connectivity index (χ4v) is 5.09. The Morgan fingerprint density at radius 3 is 1.55 bits per heavy atom. The summed E-state index contributed by atoms with van der Waals surface area (Å²) >= 11 is 0. The van der Waals surface area contributed by atoms with Crippen LogP contribution in [-0.4, -0.2) is 23.1 Å². The standard InChI is InChI=1S/C36H66O4/c1-3-5-7-9-11-13-15-17-18-19-21-23-25-27-29-31-36(39)40-34(32-33-35(37)38)30-28-26-24-22-20-16-14-12-10-8-6-4-2/h11,13,17-18,34H,3-10,12,14-16,19-33H2,1-2H3,(H,37,38)/b13-11-,18-17-. The fraction of sp³-hybridized carbons (Fsp3) is 0.833. The zero-order valence-electron chi connectivity index (χ0n) is 26.7. The van der Waals surface area contributed by atoms with E-state index in [2.05, 4.69) is 38.2 Å². The molecule has 1 atom stereocenters. The van der Waals surface area contributed by atoms with Gasteiger partial charge >= 0.3 is 11.9 Å². The van der Waals surface area contributed by atoms with Crippen LogP contribution < -0.4 is 0 Å². The minimum atomic E-state index is -0.815. The molecule has 1 N–H and O–H groups in total. The Kier molecular flexibility index (Phi) is 30.7. The van der Waals surface area contributed by atoms with Crippen LogP contribution in [0.15, 0.2) is 24.3 Å². The van der Waals surface area contributed by atoms with Crippen molar-refractivity contribution in [3.8, 4) is 0 Å². The minimum absolute atomic E-state index is 0.0693. The van der Waals surface area contributed by atoms with Gasteiger partial charge in [-0.1, -0.05) is 141 Å². The van der Waals surface area contributed by atoms with Gasteiger partial charge in [0.1, 0.15) is 6.10 Å². The molecule has 0 aromatic carbocycles. The van der Waals surface area contributed by atoms with Crippen LogP contribution in [0.1, 0.15) is 187 Å². The predicted octanol–water partition coefficient (Wildman–Crippen LogP) is 11.7. The van der Waals surface area contributed by atoms with Crippen LogP contribution in [-0.2, 0) is 14.3 Å². The lowest BCUT2D eigenvalue weighted by Crippen LogP contribution is -2.19. The molecule has 0 rings (SSSR count). The summed E-state index contributed by atoms with van der Waals surface area (Å²) in [6, 6.07) is 0. The highest BCUT2D eigenvalue weighted by Gasteiger charge is 2.15. The average molecular weight is 563 g/mol. The first-order valence-corrected chi connectivity index (χ1v) is 17.3. The van der Waals surface area contributed by atoms with Crippen molar-refractivity contribution >= 4 is 11.9 Å². The minimum Gasteiger partial charge on any atom is -0.481 e. The topological polar surface area (TPSA) is 63.6 Å². The molecule has 0 heterocycles. The molecule has 0 aliphatic carbocycles. The van der Waals surface area contributed by atoms with Crippen molar-refractivity contribution in [2.24, 2.45) is 0 Å². The molecule has 4 heteroatoms. The number of carboxylic acids is 1. The van der Waals surface area contributed by atoms with E-state index < -0.39 is 5.97 Å². The van der Waals surface area contributed by atoms with Crippen molar-refractivity contribution in [3.05, 3.63) is 24.3 Å². The van der Waals surface area contributed by atoms with Gasteiger partial charge in [-0.15, -0.1) is 0 Å². The highest BCUT2D eigenvalue weighted by molar-refractivity contribution is 5.69. The van der Waals surface area contributed by atoms with E-state index in [1.807, 2.05) is 0 Å². The highest BCUT2D eigenvalue weighted by atomic mass is 16.5. The zero-order chi connectivity index (χ0) is 29.4. The molecule has 0 amide bonds. The summed E-state index contributed by atoms with van der Waals surface area (Å²) in [6.45, 7) is 4.50. The second kappa shape index (κ2) is 31.9. The van der Waals surface area contributed by atoms with Crippen LogP contribution in [0.2, 0.25) is 0 Å². The number of rotatable bonds is 31. The molecular formula is C36H66O4. The lowest BCUT2D eigenvalue weighted by atomic mass is 10.0. The SMILES string of the molecule is CCCCC/C=C\C/C=C\CCCCCCCC(=O)OC(CCCCCCCCCCCCCC)CCC(=O)O. The molecule has 0 aromatic heterocycles. The van der Waals surface area contributed by atoms with Crippen molar-refractivity contribution in [1.29, 1.82) is 0 Å². The van der Waals surface area contributed by atoms with E-state index in [1.54, 1.807) is 0 Å². The molecular weight excluding hydrogens is 496 g/mol. The van der Waals surface area contributed by atoms with E-state index in [9.17, 15) is 9.59 Å². The number of carbonyl (C=O) groups is 2. The molecule has 1 unspecified atom stereocenters. The Morgan fingerprint density at radius 2 is 1.00 bits per heavy atom. The van der Waals surface area contributed by atoms with Gasteiger partial charge in [0.2, 0.25) is 0 Å². The number of unbranched alkanes of at least 4 members (excludes halogenated alkanes) is 19. The number of hydrogen-bond acceptors (Lipinski definition) is 3. The number of allylic oxidation sites excluding steroid dienone is 4. The van der Waals surface area contributed by atoms with Gasteiger partial charge in [0.15, 0.2) is 0 Å². The molecule has 0 aliphatic rings. The van der Waals surface area contributed by atoms with Gasteiger partial charge in [-0.25, -0.2) is 0 Å². The summed E-state index contributed by atoms with van der Waals surface area (Å²) < 4.78 is 5.70. The van der Waals surface area contributed by atoms with Gasteiger partial charge < -0.3 is 9.84 Å². The highest BCUT2D eigenvalue weighted by Crippen LogP contribution is 2.17. The number of carboxylic acid groups (broad SMARTS) is 1. The van der Waals surface area contributed by atoms with Crippen LogP contribution in [0.4, 0.5) is 0 Å². The number of ether oxygens (including phenoxy) is 1. The Labute approximate surface area is 248 Å². The van der Waals surface area contributed by atoms with Gasteiger partial charge in [0.25, 0.3) is 0 Å². The summed E-state index contributed by atoms with van der Waals surface area (Å²) in [5.74, 6) is -0.968. The van der Waals surface area contributed by atoms with Crippen molar-refractivity contribution in [1.82, 2.24) is 0 Å². The zero-order valence-corrected chi connectivity index (χ0v) is 26.7. The molecule has 234 valence electrons. The number of hydrogen-bond donors (Lipinski definition) is 1. The molecule has 0 aromatic rings. The van der Waals surface area contributed by atoms with Crippen LogP contribution in [0.25, 0.3) is 0 Å². The number of aliphatic carboxylic acids is 1. The van der Waals surface area contributed by atoms with E-state index in [-0.39, 0.29) is 18.5 Å². The van der Waals surface area contributed by atoms with Crippen molar-refractivity contribution in [2.75, 3.05) is 0 Å². The lowest BCUT2D eigenvalue weighted by molar-refractivity contribution is -0.151. The molecule has 0 fully saturated rings. The molecule has 0 saturated carbocycles. The van der Waals surface area contributed by atoms with E-state index in [1.165, 1.54) is 103 Å². The van der Waals surface area contributed by atoms with Crippen molar-refractivity contribution < 1.29 is 19.4 Å². The quantitative estimate of drug-likeness (QED) is 0.0518. The Morgan fingerprint density at radius 1 is 0.550 bits per heavy atom. The molecule has 0 spiro atoms. The maximum Gasteiger partial charge on any atom is 0.306 e. The third kappa shape index (κ3) is 31.0. The van der Waals surface area contributed by atoms with Crippen LogP contribution in [0, 0.1) is 0 Å². The Bertz CT molecular complexity index is 610. The number of esters is 1. The van der Waals surface area contributed by atoms with Gasteiger partial charge in [0.05, 0.1) is 0 Å². The van der Waals surface area contributed by atoms with E-state index >= 15 is 0 Å². The third-order valence-electron chi connectivity index (χ3n) is 7.69. The van der Waals surface area contributed by atoms with Gasteiger partial charge in [-0.2, -0.15) is 0 Å². The molecule has 4 nitrogen and oxygen atoms in total. The first-order valence-electron chi connectivity index (χ1n) is 17.3. The summed E-state index contributed by atoms with van der Waals surface area (Å²) in [7, 11) is 0. The molecule has 0 saturated heterocycles. The Balaban J connectivity index is 3.80. The molecule has 0 radical (unpaired) electrons. The summed E-state index contributed by atoms with van der Waals surface area (Å²) in [4.78, 5) is 23.4. The first-order chi connectivity index (χ1) is 19.6. The smallest absolute Gasteiger partial charge is 0.306 e. The van der Waals surface area contributed by atoms with Crippen LogP contribution in [0.3, 0.4) is 0 Å². The van der Waals surface area contributed by atoms with Gasteiger partial charge in [-0.3, -0.25) is 9.59 Å². The largest absolute Gasteiger partial charge is 0.481 e. The third-order valence-corrected chi connectivity index (χ3v) is 7.69. The number of carbonyl (C=O) groups excluding carboxylic acids is 1. The monoisotopic (exact) mass is 562 g/mol. The maximum atomic E-state index is 12.4.